The normalized spacial score (nSPS) is 24.7. The average Bonchev–Trinajstić information content (AvgIpc) is 2.13. The zero-order valence-electron chi connectivity index (χ0n) is 8.70. The average molecular weight is 271 g/mol. The zero-order chi connectivity index (χ0) is 10.8. The molecule has 0 spiro atoms. The number of nitrogens with zero attached hydrogens (tertiary/aromatic N) is 1. The molecular weight excluding hydrogens is 256 g/mol. The van der Waals surface area contributed by atoms with E-state index >= 15 is 0 Å². The highest BCUT2D eigenvalue weighted by molar-refractivity contribution is 9.10. The topological polar surface area (TPSA) is 45.2 Å². The van der Waals surface area contributed by atoms with E-state index in [9.17, 15) is 0 Å². The summed E-state index contributed by atoms with van der Waals surface area (Å²) < 4.78 is 1.00. The molecule has 3 nitrogen and oxygen atoms in total. The highest BCUT2D eigenvalue weighted by atomic mass is 79.9. The second-order valence-corrected chi connectivity index (χ2v) is 5.07. The molecule has 0 atom stereocenters. The molecule has 1 aliphatic carbocycles. The summed E-state index contributed by atoms with van der Waals surface area (Å²) in [5.41, 5.74) is 1.14. The van der Waals surface area contributed by atoms with Gasteiger partial charge >= 0.3 is 0 Å². The van der Waals surface area contributed by atoms with Gasteiger partial charge < -0.3 is 10.4 Å². The zero-order valence-corrected chi connectivity index (χ0v) is 10.3. The first-order chi connectivity index (χ1) is 7.15. The number of aliphatic hydroxyl groups is 1. The number of aromatic nitrogens is 1. The number of hydrogen-bond acceptors (Lipinski definition) is 3. The van der Waals surface area contributed by atoms with Gasteiger partial charge in [-0.3, -0.25) is 0 Å². The Kier molecular flexibility index (Phi) is 3.26. The molecule has 1 aromatic rings. The van der Waals surface area contributed by atoms with E-state index < -0.39 is 0 Å². The van der Waals surface area contributed by atoms with Gasteiger partial charge in [-0.15, -0.1) is 0 Å². The van der Waals surface area contributed by atoms with Crippen molar-refractivity contribution in [1.29, 1.82) is 0 Å². The minimum absolute atomic E-state index is 0.0776. The molecule has 0 saturated heterocycles. The summed E-state index contributed by atoms with van der Waals surface area (Å²) in [7, 11) is 0. The fraction of sp³-hybridized carbons (Fsp3) is 0.545. The summed E-state index contributed by atoms with van der Waals surface area (Å²) in [4.78, 5) is 4.31. The van der Waals surface area contributed by atoms with Crippen LogP contribution < -0.4 is 5.32 Å². The van der Waals surface area contributed by atoms with Crippen LogP contribution in [0.4, 0.5) is 5.82 Å². The molecule has 0 amide bonds. The van der Waals surface area contributed by atoms with Crippen LogP contribution in [-0.2, 0) is 0 Å². The van der Waals surface area contributed by atoms with E-state index in [0.717, 1.165) is 35.2 Å². The van der Waals surface area contributed by atoms with Crippen LogP contribution in [0.15, 0.2) is 16.7 Å². The largest absolute Gasteiger partial charge is 0.393 e. The molecule has 1 saturated carbocycles. The number of aryl methyl sites for hydroxylation is 1. The van der Waals surface area contributed by atoms with Gasteiger partial charge in [-0.05, 0) is 53.2 Å². The maximum atomic E-state index is 9.15. The van der Waals surface area contributed by atoms with Crippen molar-refractivity contribution in [3.05, 3.63) is 22.3 Å². The van der Waals surface area contributed by atoms with Crippen molar-refractivity contribution in [3.63, 3.8) is 0 Å². The fourth-order valence-electron chi connectivity index (χ4n) is 1.77. The Balaban J connectivity index is 1.88. The second kappa shape index (κ2) is 4.49. The van der Waals surface area contributed by atoms with Crippen LogP contribution in [0.2, 0.25) is 0 Å². The van der Waals surface area contributed by atoms with Gasteiger partial charge in [0.25, 0.3) is 0 Å². The monoisotopic (exact) mass is 270 g/mol. The summed E-state index contributed by atoms with van der Waals surface area (Å²) in [6, 6.07) is 2.05. The van der Waals surface area contributed by atoms with E-state index in [-0.39, 0.29) is 6.10 Å². The summed E-state index contributed by atoms with van der Waals surface area (Å²) in [6.45, 7) is 2.91. The van der Waals surface area contributed by atoms with Crippen LogP contribution in [0.5, 0.6) is 0 Å². The standard InChI is InChI=1S/C11H15BrN2O/c1-7-2-10(12)11(13-5-7)14-6-8-3-9(15)4-8/h2,5,8-9,15H,3-4,6H2,1H3,(H,13,14). The number of aliphatic hydroxyl groups excluding tert-OH is 1. The van der Waals surface area contributed by atoms with Crippen molar-refractivity contribution < 1.29 is 5.11 Å². The van der Waals surface area contributed by atoms with Crippen molar-refractivity contribution in [3.8, 4) is 0 Å². The second-order valence-electron chi connectivity index (χ2n) is 4.22. The first-order valence-electron chi connectivity index (χ1n) is 5.19. The number of nitrogens with one attached hydrogen (secondary N) is 1. The number of halogens is 1. The van der Waals surface area contributed by atoms with Crippen molar-refractivity contribution in [2.75, 3.05) is 11.9 Å². The number of hydrogen-bond donors (Lipinski definition) is 2. The predicted octanol–water partition coefficient (Wildman–Crippen LogP) is 2.34. The molecule has 2 N–H and O–H groups in total. The third kappa shape index (κ3) is 2.69. The Morgan fingerprint density at radius 3 is 2.93 bits per heavy atom. The quantitative estimate of drug-likeness (QED) is 0.886. The summed E-state index contributed by atoms with van der Waals surface area (Å²) >= 11 is 3.47. The van der Waals surface area contributed by atoms with Gasteiger partial charge in [0, 0.05) is 12.7 Å². The van der Waals surface area contributed by atoms with Crippen LogP contribution in [-0.4, -0.2) is 22.7 Å². The van der Waals surface area contributed by atoms with Gasteiger partial charge in [0.15, 0.2) is 0 Å². The minimum Gasteiger partial charge on any atom is -0.393 e. The molecule has 2 rings (SSSR count). The SMILES string of the molecule is Cc1cnc(NCC2CC(O)C2)c(Br)c1. The van der Waals surface area contributed by atoms with E-state index in [4.69, 9.17) is 5.11 Å². The lowest BCUT2D eigenvalue weighted by Crippen LogP contribution is -2.33. The summed E-state index contributed by atoms with van der Waals surface area (Å²) in [5, 5.41) is 12.4. The molecule has 0 aliphatic heterocycles. The predicted molar refractivity (Wildman–Crippen MR) is 63.9 cm³/mol. The van der Waals surface area contributed by atoms with Crippen molar-refractivity contribution in [2.45, 2.75) is 25.9 Å². The first-order valence-corrected chi connectivity index (χ1v) is 5.98. The van der Waals surface area contributed by atoms with E-state index in [1.54, 1.807) is 0 Å². The van der Waals surface area contributed by atoms with Crippen molar-refractivity contribution >= 4 is 21.7 Å². The van der Waals surface area contributed by atoms with Gasteiger partial charge in [0.2, 0.25) is 0 Å². The maximum absolute atomic E-state index is 9.15. The molecule has 82 valence electrons. The maximum Gasteiger partial charge on any atom is 0.140 e. The van der Waals surface area contributed by atoms with Gasteiger partial charge in [-0.25, -0.2) is 4.98 Å². The van der Waals surface area contributed by atoms with Crippen LogP contribution in [0.25, 0.3) is 0 Å². The molecule has 1 aliphatic rings. The van der Waals surface area contributed by atoms with Gasteiger partial charge in [-0.2, -0.15) is 0 Å². The molecule has 1 heterocycles. The third-order valence-corrected chi connectivity index (χ3v) is 3.35. The molecule has 0 aromatic carbocycles. The molecule has 1 aromatic heterocycles. The number of anilines is 1. The molecular formula is C11H15BrN2O. The van der Waals surface area contributed by atoms with E-state index in [2.05, 4.69) is 26.2 Å². The first kappa shape index (κ1) is 10.9. The van der Waals surface area contributed by atoms with Gasteiger partial charge in [0.1, 0.15) is 5.82 Å². The highest BCUT2D eigenvalue weighted by Gasteiger charge is 2.26. The van der Waals surface area contributed by atoms with Gasteiger partial charge in [-0.1, -0.05) is 0 Å². The van der Waals surface area contributed by atoms with Crippen LogP contribution in [0, 0.1) is 12.8 Å². The Morgan fingerprint density at radius 1 is 1.60 bits per heavy atom. The molecule has 15 heavy (non-hydrogen) atoms. The van der Waals surface area contributed by atoms with Crippen molar-refractivity contribution in [1.82, 2.24) is 4.98 Å². The third-order valence-electron chi connectivity index (χ3n) is 2.75. The lowest BCUT2D eigenvalue weighted by molar-refractivity contribution is 0.0486. The molecule has 0 unspecified atom stereocenters. The van der Waals surface area contributed by atoms with E-state index in [0.29, 0.717) is 5.92 Å². The van der Waals surface area contributed by atoms with Crippen molar-refractivity contribution in [2.24, 2.45) is 5.92 Å². The Labute approximate surface area is 98.0 Å². The lowest BCUT2D eigenvalue weighted by atomic mass is 9.82. The fourth-order valence-corrected chi connectivity index (χ4v) is 2.38. The lowest BCUT2D eigenvalue weighted by Gasteiger charge is -2.31. The smallest absolute Gasteiger partial charge is 0.140 e. The molecule has 4 heteroatoms. The molecule has 1 fully saturated rings. The van der Waals surface area contributed by atoms with Crippen LogP contribution in [0.3, 0.4) is 0 Å². The van der Waals surface area contributed by atoms with Crippen LogP contribution in [0.1, 0.15) is 18.4 Å². The highest BCUT2D eigenvalue weighted by Crippen LogP contribution is 2.28. The molecule has 0 bridgehead atoms. The number of rotatable bonds is 3. The summed E-state index contributed by atoms with van der Waals surface area (Å²) in [6.07, 6.45) is 3.60. The van der Waals surface area contributed by atoms with E-state index in [1.807, 2.05) is 19.2 Å². The van der Waals surface area contributed by atoms with Crippen LogP contribution >= 0.6 is 15.9 Å². The minimum atomic E-state index is -0.0776. The summed E-state index contributed by atoms with van der Waals surface area (Å²) in [5.74, 6) is 1.48. The Bertz CT molecular complexity index is 350. The van der Waals surface area contributed by atoms with Gasteiger partial charge in [0.05, 0.1) is 10.6 Å². The van der Waals surface area contributed by atoms with E-state index in [1.165, 1.54) is 0 Å². The molecule has 0 radical (unpaired) electrons. The Hall–Kier alpha value is -0.610. The number of pyridine rings is 1. The Morgan fingerprint density at radius 2 is 2.33 bits per heavy atom.